The zero-order valence-electron chi connectivity index (χ0n) is 10.5. The smallest absolute Gasteiger partial charge is 0.336 e. The van der Waals surface area contributed by atoms with Crippen molar-refractivity contribution in [3.05, 3.63) is 0 Å². The molecule has 5 nitrogen and oxygen atoms in total. The molecule has 96 valence electrons. The van der Waals surface area contributed by atoms with Gasteiger partial charge >= 0.3 is 5.97 Å². The van der Waals surface area contributed by atoms with Gasteiger partial charge in [0.25, 0.3) is 0 Å². The van der Waals surface area contributed by atoms with Gasteiger partial charge in [-0.05, 0) is 26.4 Å². The SMILES string of the molecule is CCCN(CC)CCNCC(C)(O)C(=O)O. The van der Waals surface area contributed by atoms with E-state index in [1.54, 1.807) is 0 Å². The molecule has 0 rings (SSSR count). The number of carboxylic acids is 1. The van der Waals surface area contributed by atoms with Crippen molar-refractivity contribution < 1.29 is 15.0 Å². The molecule has 0 spiro atoms. The number of hydrogen-bond donors (Lipinski definition) is 3. The quantitative estimate of drug-likeness (QED) is 0.493. The van der Waals surface area contributed by atoms with Crippen molar-refractivity contribution in [3.8, 4) is 0 Å². The van der Waals surface area contributed by atoms with Crippen LogP contribution in [-0.4, -0.2) is 59.4 Å². The Labute approximate surface area is 97.4 Å². The largest absolute Gasteiger partial charge is 0.479 e. The first-order valence-electron chi connectivity index (χ1n) is 5.82. The fourth-order valence-corrected chi connectivity index (χ4v) is 1.39. The maximum absolute atomic E-state index is 10.6. The highest BCUT2D eigenvalue weighted by Gasteiger charge is 2.28. The van der Waals surface area contributed by atoms with Gasteiger partial charge in [-0.15, -0.1) is 0 Å². The molecule has 0 aliphatic carbocycles. The molecule has 0 aromatic rings. The molecule has 0 aliphatic rings. The highest BCUT2D eigenvalue weighted by Crippen LogP contribution is 2.00. The molecule has 0 fully saturated rings. The predicted octanol–water partition coefficient (Wildman–Crippen LogP) is 0.144. The van der Waals surface area contributed by atoms with Crippen molar-refractivity contribution in [3.63, 3.8) is 0 Å². The molecule has 5 heteroatoms. The van der Waals surface area contributed by atoms with E-state index in [0.29, 0.717) is 6.54 Å². The fourth-order valence-electron chi connectivity index (χ4n) is 1.39. The summed E-state index contributed by atoms with van der Waals surface area (Å²) in [5, 5.41) is 21.1. The Morgan fingerprint density at radius 2 is 2.00 bits per heavy atom. The minimum absolute atomic E-state index is 0.0754. The van der Waals surface area contributed by atoms with Crippen LogP contribution in [0.2, 0.25) is 0 Å². The zero-order chi connectivity index (χ0) is 12.6. The minimum atomic E-state index is -1.68. The van der Waals surface area contributed by atoms with Crippen molar-refractivity contribution in [2.45, 2.75) is 32.8 Å². The third-order valence-electron chi connectivity index (χ3n) is 2.52. The van der Waals surface area contributed by atoms with E-state index in [2.05, 4.69) is 24.1 Å². The summed E-state index contributed by atoms with van der Waals surface area (Å²) in [7, 11) is 0. The topological polar surface area (TPSA) is 72.8 Å². The molecule has 0 radical (unpaired) electrons. The molecule has 0 bridgehead atoms. The molecule has 16 heavy (non-hydrogen) atoms. The predicted molar refractivity (Wildman–Crippen MR) is 63.5 cm³/mol. The molecule has 1 unspecified atom stereocenters. The van der Waals surface area contributed by atoms with Crippen LogP contribution in [0.4, 0.5) is 0 Å². The summed E-state index contributed by atoms with van der Waals surface area (Å²) in [6, 6.07) is 0. The lowest BCUT2D eigenvalue weighted by Crippen LogP contribution is -2.46. The van der Waals surface area contributed by atoms with Gasteiger partial charge in [0.15, 0.2) is 5.60 Å². The van der Waals surface area contributed by atoms with Crippen molar-refractivity contribution in [2.75, 3.05) is 32.7 Å². The summed E-state index contributed by atoms with van der Waals surface area (Å²) < 4.78 is 0. The van der Waals surface area contributed by atoms with Gasteiger partial charge in [-0.1, -0.05) is 13.8 Å². The molecule has 0 amide bonds. The highest BCUT2D eigenvalue weighted by atomic mass is 16.4. The van der Waals surface area contributed by atoms with Gasteiger partial charge in [0.05, 0.1) is 0 Å². The van der Waals surface area contributed by atoms with E-state index in [1.807, 2.05) is 0 Å². The van der Waals surface area contributed by atoms with E-state index in [-0.39, 0.29) is 6.54 Å². The van der Waals surface area contributed by atoms with E-state index in [0.717, 1.165) is 26.1 Å². The fraction of sp³-hybridized carbons (Fsp3) is 0.909. The average molecular weight is 232 g/mol. The van der Waals surface area contributed by atoms with Crippen molar-refractivity contribution in [1.29, 1.82) is 0 Å². The third kappa shape index (κ3) is 6.05. The summed E-state index contributed by atoms with van der Waals surface area (Å²) in [5.74, 6) is -1.19. The number of carbonyl (C=O) groups is 1. The summed E-state index contributed by atoms with van der Waals surface area (Å²) >= 11 is 0. The normalized spacial score (nSPS) is 15.1. The number of nitrogens with one attached hydrogen (secondary N) is 1. The van der Waals surface area contributed by atoms with Crippen LogP contribution in [0.1, 0.15) is 27.2 Å². The molecule has 0 saturated heterocycles. The molecular weight excluding hydrogens is 208 g/mol. The highest BCUT2D eigenvalue weighted by molar-refractivity contribution is 5.76. The monoisotopic (exact) mass is 232 g/mol. The number of carboxylic acid groups (broad SMARTS) is 1. The Morgan fingerprint density at radius 3 is 2.44 bits per heavy atom. The lowest BCUT2D eigenvalue weighted by molar-refractivity contribution is -0.156. The van der Waals surface area contributed by atoms with Gasteiger partial charge < -0.3 is 20.4 Å². The van der Waals surface area contributed by atoms with E-state index in [9.17, 15) is 9.90 Å². The minimum Gasteiger partial charge on any atom is -0.479 e. The van der Waals surface area contributed by atoms with Crippen LogP contribution in [0, 0.1) is 0 Å². The van der Waals surface area contributed by atoms with Crippen LogP contribution >= 0.6 is 0 Å². The molecule has 1 atom stereocenters. The Morgan fingerprint density at radius 1 is 1.38 bits per heavy atom. The number of rotatable bonds is 9. The Bertz CT molecular complexity index is 207. The Kier molecular flexibility index (Phi) is 7.29. The van der Waals surface area contributed by atoms with Gasteiger partial charge in [-0.2, -0.15) is 0 Å². The van der Waals surface area contributed by atoms with Gasteiger partial charge in [0, 0.05) is 19.6 Å². The molecule has 0 heterocycles. The number of hydrogen-bond acceptors (Lipinski definition) is 4. The summed E-state index contributed by atoms with van der Waals surface area (Å²) in [5.41, 5.74) is -1.68. The van der Waals surface area contributed by atoms with Gasteiger partial charge in [0.2, 0.25) is 0 Å². The molecule has 0 aromatic carbocycles. The van der Waals surface area contributed by atoms with Crippen LogP contribution in [0.5, 0.6) is 0 Å². The first-order chi connectivity index (χ1) is 7.44. The van der Waals surface area contributed by atoms with E-state index >= 15 is 0 Å². The van der Waals surface area contributed by atoms with Crippen molar-refractivity contribution in [1.82, 2.24) is 10.2 Å². The lowest BCUT2D eigenvalue weighted by Gasteiger charge is -2.22. The standard InChI is InChI=1S/C11H24N2O3/c1-4-7-13(5-2)8-6-12-9-11(3,16)10(14)15/h12,16H,4-9H2,1-3H3,(H,14,15). The van der Waals surface area contributed by atoms with E-state index in [1.165, 1.54) is 6.92 Å². The second-order valence-electron chi connectivity index (χ2n) is 4.19. The Hall–Kier alpha value is -0.650. The number of likely N-dealkylation sites (N-methyl/N-ethyl adjacent to an activating group) is 1. The number of aliphatic carboxylic acids is 1. The summed E-state index contributed by atoms with van der Waals surface area (Å²) in [6.07, 6.45) is 1.11. The number of nitrogens with zero attached hydrogens (tertiary/aromatic N) is 1. The van der Waals surface area contributed by atoms with Crippen LogP contribution in [0.25, 0.3) is 0 Å². The second kappa shape index (κ2) is 7.60. The van der Waals surface area contributed by atoms with E-state index < -0.39 is 11.6 Å². The van der Waals surface area contributed by atoms with Gasteiger partial charge in [0.1, 0.15) is 0 Å². The lowest BCUT2D eigenvalue weighted by atomic mass is 10.1. The van der Waals surface area contributed by atoms with Gasteiger partial charge in [-0.3, -0.25) is 0 Å². The summed E-state index contributed by atoms with van der Waals surface area (Å²) in [6.45, 7) is 9.21. The van der Waals surface area contributed by atoms with Crippen molar-refractivity contribution in [2.24, 2.45) is 0 Å². The first kappa shape index (κ1) is 15.3. The molecule has 0 aliphatic heterocycles. The first-order valence-corrected chi connectivity index (χ1v) is 5.82. The summed E-state index contributed by atoms with van der Waals surface area (Å²) in [4.78, 5) is 12.9. The van der Waals surface area contributed by atoms with E-state index in [4.69, 9.17) is 5.11 Å². The van der Waals surface area contributed by atoms with Crippen LogP contribution in [-0.2, 0) is 4.79 Å². The maximum atomic E-state index is 10.6. The second-order valence-corrected chi connectivity index (χ2v) is 4.19. The molecular formula is C11H24N2O3. The molecule has 0 saturated carbocycles. The number of aliphatic hydroxyl groups is 1. The van der Waals surface area contributed by atoms with Crippen LogP contribution in [0.3, 0.4) is 0 Å². The maximum Gasteiger partial charge on any atom is 0.336 e. The average Bonchev–Trinajstić information content (AvgIpc) is 2.22. The third-order valence-corrected chi connectivity index (χ3v) is 2.52. The van der Waals surface area contributed by atoms with Crippen LogP contribution in [0.15, 0.2) is 0 Å². The zero-order valence-corrected chi connectivity index (χ0v) is 10.5. The Balaban J connectivity index is 3.70. The van der Waals surface area contributed by atoms with Crippen molar-refractivity contribution >= 4 is 5.97 Å². The molecule has 0 aromatic heterocycles. The van der Waals surface area contributed by atoms with Gasteiger partial charge in [-0.25, -0.2) is 4.79 Å². The molecule has 3 N–H and O–H groups in total. The van der Waals surface area contributed by atoms with Crippen LogP contribution < -0.4 is 5.32 Å².